The van der Waals surface area contributed by atoms with Gasteiger partial charge in [0.2, 0.25) is 0 Å². The fourth-order valence-corrected chi connectivity index (χ4v) is 1.48. The Bertz CT molecular complexity index is 510. The Balaban J connectivity index is 2.18. The number of nitriles is 1. The highest BCUT2D eigenvalue weighted by Crippen LogP contribution is 2.19. The smallest absolute Gasteiger partial charge is 0.143 e. The van der Waals surface area contributed by atoms with E-state index in [2.05, 4.69) is 26.6 Å². The maximum absolute atomic E-state index is 8.97. The summed E-state index contributed by atoms with van der Waals surface area (Å²) in [6.45, 7) is 2.49. The number of hydrogen-bond acceptors (Lipinski definition) is 4. The van der Waals surface area contributed by atoms with Gasteiger partial charge in [-0.15, -0.1) is 0 Å². The molecule has 0 aliphatic carbocycles. The van der Waals surface area contributed by atoms with Gasteiger partial charge < -0.3 is 5.32 Å². The van der Waals surface area contributed by atoms with Crippen LogP contribution in [-0.2, 0) is 6.54 Å². The summed E-state index contributed by atoms with van der Waals surface area (Å²) >= 11 is 0. The van der Waals surface area contributed by atoms with E-state index in [1.54, 1.807) is 6.07 Å². The number of rotatable bonds is 3. The topological polar surface area (TPSA) is 77.4 Å². The highest BCUT2D eigenvalue weighted by molar-refractivity contribution is 5.62. The third kappa shape index (κ3) is 2.01. The quantitative estimate of drug-likeness (QED) is 0.811. The van der Waals surface area contributed by atoms with Crippen molar-refractivity contribution in [3.63, 3.8) is 0 Å². The van der Waals surface area contributed by atoms with E-state index < -0.39 is 0 Å². The predicted octanol–water partition coefficient (Wildman–Crippen LogP) is 1.60. The van der Waals surface area contributed by atoms with E-state index in [-0.39, 0.29) is 0 Å². The number of nitrogens with one attached hydrogen (secondary N) is 2. The van der Waals surface area contributed by atoms with Gasteiger partial charge in [-0.1, -0.05) is 12.1 Å². The summed E-state index contributed by atoms with van der Waals surface area (Å²) in [6, 6.07) is 7.78. The van der Waals surface area contributed by atoms with E-state index in [9.17, 15) is 0 Å². The van der Waals surface area contributed by atoms with Crippen LogP contribution in [0.3, 0.4) is 0 Å². The Labute approximate surface area is 93.1 Å². The van der Waals surface area contributed by atoms with Gasteiger partial charge in [0.15, 0.2) is 0 Å². The van der Waals surface area contributed by atoms with Gasteiger partial charge in [-0.05, 0) is 18.6 Å². The van der Waals surface area contributed by atoms with Gasteiger partial charge in [-0.3, -0.25) is 5.10 Å². The molecule has 0 radical (unpaired) electrons. The van der Waals surface area contributed by atoms with E-state index in [1.165, 1.54) is 6.33 Å². The molecular weight excluding hydrogens is 202 g/mol. The maximum atomic E-state index is 8.97. The third-order valence-corrected chi connectivity index (χ3v) is 2.29. The third-order valence-electron chi connectivity index (χ3n) is 2.29. The maximum Gasteiger partial charge on any atom is 0.143 e. The fourth-order valence-electron chi connectivity index (χ4n) is 1.48. The molecule has 2 aromatic rings. The molecule has 1 aromatic carbocycles. The average molecular weight is 213 g/mol. The monoisotopic (exact) mass is 213 g/mol. The van der Waals surface area contributed by atoms with Crippen molar-refractivity contribution in [3.8, 4) is 6.07 Å². The number of aromatic amines is 1. The lowest BCUT2D eigenvalue weighted by Crippen LogP contribution is -2.04. The Kier molecular flexibility index (Phi) is 2.83. The molecule has 1 heterocycles. The molecule has 1 aromatic heterocycles. The zero-order valence-corrected chi connectivity index (χ0v) is 8.86. The number of nitrogens with zero attached hydrogens (tertiary/aromatic N) is 3. The number of hydrogen-bond donors (Lipinski definition) is 2. The van der Waals surface area contributed by atoms with Crippen molar-refractivity contribution >= 4 is 5.69 Å². The molecule has 0 spiro atoms. The second-order valence-corrected chi connectivity index (χ2v) is 3.39. The van der Waals surface area contributed by atoms with Crippen molar-refractivity contribution in [2.75, 3.05) is 5.32 Å². The molecule has 2 N–H and O–H groups in total. The molecule has 0 fully saturated rings. The molecule has 0 bridgehead atoms. The normalized spacial score (nSPS) is 9.75. The van der Waals surface area contributed by atoms with E-state index in [0.717, 1.165) is 17.1 Å². The molecule has 0 saturated heterocycles. The molecule has 0 aliphatic rings. The first-order valence-electron chi connectivity index (χ1n) is 4.89. The van der Waals surface area contributed by atoms with Crippen molar-refractivity contribution in [2.24, 2.45) is 0 Å². The largest absolute Gasteiger partial charge is 0.376 e. The Morgan fingerprint density at radius 1 is 1.50 bits per heavy atom. The van der Waals surface area contributed by atoms with E-state index >= 15 is 0 Å². The fraction of sp³-hybridized carbons (Fsp3) is 0.182. The molecule has 2 rings (SSSR count). The summed E-state index contributed by atoms with van der Waals surface area (Å²) in [7, 11) is 0. The summed E-state index contributed by atoms with van der Waals surface area (Å²) < 4.78 is 0. The minimum absolute atomic E-state index is 0.527. The van der Waals surface area contributed by atoms with Crippen LogP contribution < -0.4 is 5.32 Å². The van der Waals surface area contributed by atoms with Crippen molar-refractivity contribution < 1.29 is 0 Å². The highest BCUT2D eigenvalue weighted by Gasteiger charge is 2.05. The second-order valence-electron chi connectivity index (χ2n) is 3.39. The van der Waals surface area contributed by atoms with Gasteiger partial charge >= 0.3 is 0 Å². The lowest BCUT2D eigenvalue weighted by atomic mass is 10.1. The van der Waals surface area contributed by atoms with Crippen LogP contribution in [0.2, 0.25) is 0 Å². The molecular formula is C11H11N5. The number of aromatic nitrogens is 3. The predicted molar refractivity (Wildman–Crippen MR) is 59.6 cm³/mol. The van der Waals surface area contributed by atoms with Crippen LogP contribution in [0.4, 0.5) is 5.69 Å². The van der Waals surface area contributed by atoms with E-state index in [0.29, 0.717) is 12.1 Å². The van der Waals surface area contributed by atoms with Crippen LogP contribution in [0.25, 0.3) is 0 Å². The number of para-hydroxylation sites is 1. The Hall–Kier alpha value is -2.35. The SMILES string of the molecule is Cc1cccc(C#N)c1NCc1ncn[nH]1. The van der Waals surface area contributed by atoms with Crippen molar-refractivity contribution in [3.05, 3.63) is 41.5 Å². The minimum atomic E-state index is 0.527. The van der Waals surface area contributed by atoms with Crippen molar-refractivity contribution in [1.29, 1.82) is 5.26 Å². The highest BCUT2D eigenvalue weighted by atomic mass is 15.2. The number of H-pyrrole nitrogens is 1. The molecule has 5 heteroatoms. The minimum Gasteiger partial charge on any atom is -0.376 e. The van der Waals surface area contributed by atoms with Crippen LogP contribution in [0.15, 0.2) is 24.5 Å². The lowest BCUT2D eigenvalue weighted by molar-refractivity contribution is 0.952. The van der Waals surface area contributed by atoms with E-state index in [1.807, 2.05) is 19.1 Å². The van der Waals surface area contributed by atoms with E-state index in [4.69, 9.17) is 5.26 Å². The molecule has 0 atom stereocenters. The number of anilines is 1. The van der Waals surface area contributed by atoms with Crippen LogP contribution in [0, 0.1) is 18.3 Å². The summed E-state index contributed by atoms with van der Waals surface area (Å²) in [4.78, 5) is 4.00. The van der Waals surface area contributed by atoms with Crippen LogP contribution in [0.1, 0.15) is 17.0 Å². The van der Waals surface area contributed by atoms with Gasteiger partial charge in [0.05, 0.1) is 17.8 Å². The van der Waals surface area contributed by atoms with Gasteiger partial charge in [-0.25, -0.2) is 4.98 Å². The lowest BCUT2D eigenvalue weighted by Gasteiger charge is -2.09. The molecule has 80 valence electrons. The zero-order chi connectivity index (χ0) is 11.4. The van der Waals surface area contributed by atoms with Gasteiger partial charge in [-0.2, -0.15) is 10.4 Å². The molecule has 0 saturated carbocycles. The summed E-state index contributed by atoms with van der Waals surface area (Å²) in [5.41, 5.74) is 2.53. The summed E-state index contributed by atoms with van der Waals surface area (Å²) in [5, 5.41) is 18.7. The summed E-state index contributed by atoms with van der Waals surface area (Å²) in [6.07, 6.45) is 1.46. The van der Waals surface area contributed by atoms with Crippen LogP contribution >= 0.6 is 0 Å². The first-order valence-corrected chi connectivity index (χ1v) is 4.89. The number of benzene rings is 1. The molecule has 0 aliphatic heterocycles. The number of aryl methyl sites for hydroxylation is 1. The average Bonchev–Trinajstić information content (AvgIpc) is 2.80. The van der Waals surface area contributed by atoms with Gasteiger partial charge in [0.1, 0.15) is 18.2 Å². The zero-order valence-electron chi connectivity index (χ0n) is 8.86. The second kappa shape index (κ2) is 4.45. The first-order chi connectivity index (χ1) is 7.81. The first kappa shape index (κ1) is 10.2. The van der Waals surface area contributed by atoms with Gasteiger partial charge in [0.25, 0.3) is 0 Å². The van der Waals surface area contributed by atoms with Crippen molar-refractivity contribution in [2.45, 2.75) is 13.5 Å². The van der Waals surface area contributed by atoms with Crippen molar-refractivity contribution in [1.82, 2.24) is 15.2 Å². The molecule has 0 unspecified atom stereocenters. The summed E-state index contributed by atoms with van der Waals surface area (Å²) in [5.74, 6) is 0.743. The van der Waals surface area contributed by atoms with Gasteiger partial charge in [0, 0.05) is 0 Å². The molecule has 5 nitrogen and oxygen atoms in total. The Morgan fingerprint density at radius 3 is 3.06 bits per heavy atom. The van der Waals surface area contributed by atoms with Crippen LogP contribution in [-0.4, -0.2) is 15.2 Å². The standard InChI is InChI=1S/C11H11N5/c1-8-3-2-4-9(5-12)11(8)13-6-10-14-7-15-16-10/h2-4,7,13H,6H2,1H3,(H,14,15,16). The molecule has 16 heavy (non-hydrogen) atoms. The van der Waals surface area contributed by atoms with Crippen LogP contribution in [0.5, 0.6) is 0 Å². The Morgan fingerprint density at radius 2 is 2.38 bits per heavy atom. The molecule has 0 amide bonds.